The zero-order chi connectivity index (χ0) is 15.0. The van der Waals surface area contributed by atoms with Gasteiger partial charge in [0.1, 0.15) is 5.75 Å². The van der Waals surface area contributed by atoms with Crippen LogP contribution in [0.2, 0.25) is 0 Å². The Hall–Kier alpha value is -2.17. The molecule has 0 amide bonds. The van der Waals surface area contributed by atoms with E-state index >= 15 is 0 Å². The lowest BCUT2D eigenvalue weighted by Gasteiger charge is -2.27. The van der Waals surface area contributed by atoms with Gasteiger partial charge in [-0.15, -0.1) is 0 Å². The first-order chi connectivity index (χ1) is 9.95. The van der Waals surface area contributed by atoms with Crippen LogP contribution in [0.25, 0.3) is 0 Å². The Morgan fingerprint density at radius 1 is 1.05 bits per heavy atom. The number of benzene rings is 2. The molecule has 0 spiro atoms. The summed E-state index contributed by atoms with van der Waals surface area (Å²) in [7, 11) is 0. The minimum Gasteiger partial charge on any atom is -0.508 e. The lowest BCUT2D eigenvalue weighted by atomic mass is 9.85. The minimum atomic E-state index is -4.31. The van der Waals surface area contributed by atoms with E-state index in [1.165, 1.54) is 12.1 Å². The third kappa shape index (κ3) is 2.68. The van der Waals surface area contributed by atoms with Gasteiger partial charge in [0, 0.05) is 24.2 Å². The fourth-order valence-corrected chi connectivity index (χ4v) is 2.76. The highest BCUT2D eigenvalue weighted by molar-refractivity contribution is 5.60. The molecule has 2 aromatic carbocycles. The van der Waals surface area contributed by atoms with E-state index in [0.29, 0.717) is 0 Å². The van der Waals surface area contributed by atoms with E-state index in [2.05, 4.69) is 5.32 Å². The van der Waals surface area contributed by atoms with E-state index in [9.17, 15) is 18.3 Å². The zero-order valence-corrected chi connectivity index (χ0v) is 11.1. The summed E-state index contributed by atoms with van der Waals surface area (Å²) in [5.41, 5.74) is 2.06. The molecule has 1 unspecified atom stereocenters. The largest absolute Gasteiger partial charge is 0.508 e. The van der Waals surface area contributed by atoms with Crippen LogP contribution in [-0.4, -0.2) is 11.7 Å². The van der Waals surface area contributed by atoms with Crippen LogP contribution in [-0.2, 0) is 6.18 Å². The highest BCUT2D eigenvalue weighted by Gasteiger charge is 2.30. The molecule has 0 fully saturated rings. The molecule has 5 heteroatoms. The molecule has 21 heavy (non-hydrogen) atoms. The molecule has 1 atom stereocenters. The van der Waals surface area contributed by atoms with Crippen molar-refractivity contribution >= 4 is 5.69 Å². The van der Waals surface area contributed by atoms with Crippen molar-refractivity contribution in [2.24, 2.45) is 0 Å². The quantitative estimate of drug-likeness (QED) is 0.819. The van der Waals surface area contributed by atoms with E-state index in [4.69, 9.17) is 0 Å². The van der Waals surface area contributed by atoms with Crippen molar-refractivity contribution in [3.63, 3.8) is 0 Å². The van der Waals surface area contributed by atoms with Crippen LogP contribution in [0.15, 0.2) is 42.5 Å². The number of hydrogen-bond acceptors (Lipinski definition) is 2. The van der Waals surface area contributed by atoms with Crippen LogP contribution in [0.1, 0.15) is 29.0 Å². The fourth-order valence-electron chi connectivity index (χ4n) is 2.76. The maximum Gasteiger partial charge on any atom is 0.416 e. The molecule has 0 saturated carbocycles. The molecule has 2 nitrogen and oxygen atoms in total. The summed E-state index contributed by atoms with van der Waals surface area (Å²) in [6, 6.07) is 10.4. The van der Waals surface area contributed by atoms with Crippen molar-refractivity contribution in [2.45, 2.75) is 18.5 Å². The molecular weight excluding hydrogens is 279 g/mol. The molecule has 2 N–H and O–H groups in total. The topological polar surface area (TPSA) is 32.3 Å². The van der Waals surface area contributed by atoms with Crippen molar-refractivity contribution in [3.8, 4) is 5.75 Å². The second-order valence-corrected chi connectivity index (χ2v) is 5.16. The summed E-state index contributed by atoms with van der Waals surface area (Å²) in [5.74, 6) is 0.221. The Kier molecular flexibility index (Phi) is 3.27. The average Bonchev–Trinajstić information content (AvgIpc) is 2.45. The van der Waals surface area contributed by atoms with Gasteiger partial charge in [-0.1, -0.05) is 18.2 Å². The smallest absolute Gasteiger partial charge is 0.416 e. The Morgan fingerprint density at radius 2 is 1.76 bits per heavy atom. The second kappa shape index (κ2) is 4.98. The van der Waals surface area contributed by atoms with E-state index in [1.54, 1.807) is 12.1 Å². The molecule has 1 aliphatic heterocycles. The monoisotopic (exact) mass is 293 g/mol. The highest BCUT2D eigenvalue weighted by Crippen LogP contribution is 2.39. The van der Waals surface area contributed by atoms with Gasteiger partial charge >= 0.3 is 6.18 Å². The van der Waals surface area contributed by atoms with Crippen LogP contribution in [0.4, 0.5) is 18.9 Å². The van der Waals surface area contributed by atoms with Gasteiger partial charge in [-0.05, 0) is 35.7 Å². The number of halogens is 3. The Balaban J connectivity index is 1.95. The van der Waals surface area contributed by atoms with Crippen LogP contribution >= 0.6 is 0 Å². The van der Waals surface area contributed by atoms with Crippen LogP contribution in [0.3, 0.4) is 0 Å². The molecule has 110 valence electrons. The number of anilines is 1. The summed E-state index contributed by atoms with van der Waals surface area (Å²) >= 11 is 0. The van der Waals surface area contributed by atoms with Gasteiger partial charge in [-0.2, -0.15) is 13.2 Å². The first kappa shape index (κ1) is 13.8. The summed E-state index contributed by atoms with van der Waals surface area (Å²) in [4.78, 5) is 0. The van der Waals surface area contributed by atoms with Gasteiger partial charge in [-0.25, -0.2) is 0 Å². The zero-order valence-electron chi connectivity index (χ0n) is 11.1. The molecule has 0 bridgehead atoms. The van der Waals surface area contributed by atoms with E-state index in [0.717, 1.165) is 41.9 Å². The number of phenolic OH excluding ortho intramolecular Hbond substituents is 1. The average molecular weight is 293 g/mol. The predicted octanol–water partition coefficient (Wildman–Crippen LogP) is 4.36. The van der Waals surface area contributed by atoms with E-state index < -0.39 is 11.7 Å². The van der Waals surface area contributed by atoms with Crippen LogP contribution in [0, 0.1) is 0 Å². The van der Waals surface area contributed by atoms with Crippen LogP contribution < -0.4 is 5.32 Å². The Bertz CT molecular complexity index is 650. The second-order valence-electron chi connectivity index (χ2n) is 5.16. The molecule has 0 saturated heterocycles. The van der Waals surface area contributed by atoms with Crippen LogP contribution in [0.5, 0.6) is 5.75 Å². The number of alkyl halides is 3. The SMILES string of the molecule is Oc1ccc2c(c1)NCCC2c1ccc(C(F)(F)F)cc1. The molecule has 0 aromatic heterocycles. The van der Waals surface area contributed by atoms with Crippen molar-refractivity contribution < 1.29 is 18.3 Å². The summed E-state index contributed by atoms with van der Waals surface area (Å²) in [5, 5.41) is 12.7. The third-order valence-corrected chi connectivity index (χ3v) is 3.80. The number of aromatic hydroxyl groups is 1. The predicted molar refractivity (Wildman–Crippen MR) is 74.5 cm³/mol. The first-order valence-corrected chi connectivity index (χ1v) is 6.69. The molecule has 2 aromatic rings. The lowest BCUT2D eigenvalue weighted by molar-refractivity contribution is -0.137. The van der Waals surface area contributed by atoms with Gasteiger partial charge in [0.2, 0.25) is 0 Å². The summed E-state index contributed by atoms with van der Waals surface area (Å²) in [6.07, 6.45) is -3.50. The van der Waals surface area contributed by atoms with Gasteiger partial charge in [0.05, 0.1) is 5.56 Å². The number of hydrogen-bond donors (Lipinski definition) is 2. The molecule has 1 aliphatic rings. The van der Waals surface area contributed by atoms with Crippen molar-refractivity contribution in [1.82, 2.24) is 0 Å². The third-order valence-electron chi connectivity index (χ3n) is 3.80. The van der Waals surface area contributed by atoms with Crippen molar-refractivity contribution in [1.29, 1.82) is 0 Å². The number of nitrogens with one attached hydrogen (secondary N) is 1. The van der Waals surface area contributed by atoms with Crippen molar-refractivity contribution in [2.75, 3.05) is 11.9 Å². The van der Waals surface area contributed by atoms with Gasteiger partial charge in [0.15, 0.2) is 0 Å². The standard InChI is InChI=1S/C16H14F3NO/c17-16(18,19)11-3-1-10(2-4-11)13-7-8-20-15-9-12(21)5-6-14(13)15/h1-6,9,13,20-21H,7-8H2. The lowest BCUT2D eigenvalue weighted by Crippen LogP contribution is -2.17. The molecule has 3 rings (SSSR count). The maximum absolute atomic E-state index is 12.6. The summed E-state index contributed by atoms with van der Waals surface area (Å²) < 4.78 is 37.8. The Labute approximate surface area is 120 Å². The Morgan fingerprint density at radius 3 is 2.43 bits per heavy atom. The molecular formula is C16H14F3NO. The maximum atomic E-state index is 12.6. The molecule has 0 aliphatic carbocycles. The van der Waals surface area contributed by atoms with E-state index in [-0.39, 0.29) is 11.7 Å². The van der Waals surface area contributed by atoms with Gasteiger partial charge in [-0.3, -0.25) is 0 Å². The molecule has 1 heterocycles. The minimum absolute atomic E-state index is 0.0455. The molecule has 0 radical (unpaired) electrons. The first-order valence-electron chi connectivity index (χ1n) is 6.69. The van der Waals surface area contributed by atoms with Gasteiger partial charge < -0.3 is 10.4 Å². The number of phenols is 1. The normalized spacial score (nSPS) is 18.0. The fraction of sp³-hybridized carbons (Fsp3) is 0.250. The highest BCUT2D eigenvalue weighted by atomic mass is 19.4. The number of rotatable bonds is 1. The summed E-state index contributed by atoms with van der Waals surface area (Å²) in [6.45, 7) is 0.724. The van der Waals surface area contributed by atoms with Gasteiger partial charge in [0.25, 0.3) is 0 Å². The number of fused-ring (bicyclic) bond motifs is 1. The van der Waals surface area contributed by atoms with E-state index in [1.807, 2.05) is 6.07 Å². The van der Waals surface area contributed by atoms with Crippen molar-refractivity contribution in [3.05, 3.63) is 59.2 Å².